The zero-order valence-corrected chi connectivity index (χ0v) is 26.0. The molecule has 0 atom stereocenters. The van der Waals surface area contributed by atoms with Gasteiger partial charge >= 0.3 is 5.97 Å². The van der Waals surface area contributed by atoms with E-state index >= 15 is 0 Å². The van der Waals surface area contributed by atoms with Crippen LogP contribution in [0.4, 0.5) is 11.4 Å². The maximum Gasteiger partial charge on any atom is 0.335 e. The van der Waals surface area contributed by atoms with Crippen molar-refractivity contribution < 1.29 is 9.53 Å². The lowest BCUT2D eigenvalue weighted by molar-refractivity contribution is -0.133. The highest BCUT2D eigenvalue weighted by molar-refractivity contribution is 6.09. The molecule has 1 aliphatic heterocycles. The molecule has 0 unspecified atom stereocenters. The number of benzene rings is 5. The van der Waals surface area contributed by atoms with Crippen molar-refractivity contribution in [3.8, 4) is 16.8 Å². The Morgan fingerprint density at radius 2 is 1.33 bits per heavy atom. The molecule has 0 bridgehead atoms. The molecule has 0 N–H and O–H groups in total. The molecule has 0 fully saturated rings. The molecule has 0 aliphatic carbocycles. The molecule has 46 heavy (non-hydrogen) atoms. The second-order valence-corrected chi connectivity index (χ2v) is 11.6. The average molecular weight is 599 g/mol. The quantitative estimate of drug-likeness (QED) is 0.146. The first kappa shape index (κ1) is 28.9. The first-order valence-corrected chi connectivity index (χ1v) is 15.4. The van der Waals surface area contributed by atoms with Crippen LogP contribution in [-0.2, 0) is 9.53 Å². The molecule has 7 rings (SSSR count). The Balaban J connectivity index is 1.25. The van der Waals surface area contributed by atoms with E-state index in [1.807, 2.05) is 30.4 Å². The predicted molar refractivity (Wildman–Crippen MR) is 192 cm³/mol. The van der Waals surface area contributed by atoms with E-state index in [9.17, 15) is 4.79 Å². The van der Waals surface area contributed by atoms with Crippen molar-refractivity contribution >= 4 is 44.7 Å². The summed E-state index contributed by atoms with van der Waals surface area (Å²) in [5, 5.41) is 2.52. The molecule has 0 spiro atoms. The normalized spacial score (nSPS) is 13.1. The number of aryl methyl sites for hydroxylation is 2. The minimum atomic E-state index is -0.502. The van der Waals surface area contributed by atoms with E-state index in [1.165, 1.54) is 44.1 Å². The summed E-state index contributed by atoms with van der Waals surface area (Å²) in [6.07, 6.45) is 6.77. The smallest absolute Gasteiger partial charge is 0.335 e. The number of anilines is 2. The fourth-order valence-corrected chi connectivity index (χ4v) is 6.52. The molecule has 5 aromatic carbocycles. The Morgan fingerprint density at radius 3 is 1.98 bits per heavy atom. The molecule has 1 aromatic heterocycles. The molecular formula is C42H34N2O2. The van der Waals surface area contributed by atoms with Gasteiger partial charge in [-0.3, -0.25) is 0 Å². The van der Waals surface area contributed by atoms with Crippen molar-refractivity contribution in [3.63, 3.8) is 0 Å². The maximum atomic E-state index is 11.9. The fraction of sp³-hybridized carbons (Fsp3) is 0.0714. The number of hydrogen-bond acceptors (Lipinski definition) is 3. The highest BCUT2D eigenvalue weighted by Gasteiger charge is 2.18. The van der Waals surface area contributed by atoms with E-state index in [-0.39, 0.29) is 0 Å². The summed E-state index contributed by atoms with van der Waals surface area (Å²) in [5.41, 5.74) is 12.2. The lowest BCUT2D eigenvalue weighted by atomic mass is 9.95. The zero-order chi connectivity index (χ0) is 31.8. The van der Waals surface area contributed by atoms with Crippen LogP contribution in [0.3, 0.4) is 0 Å². The van der Waals surface area contributed by atoms with E-state index in [0.29, 0.717) is 12.3 Å². The number of carbonyl (C=O) groups is 1. The Hall–Kier alpha value is -5.87. The Bertz CT molecular complexity index is 2190. The molecule has 0 amide bonds. The third kappa shape index (κ3) is 5.14. The van der Waals surface area contributed by atoms with Crippen LogP contribution in [0.15, 0.2) is 152 Å². The SMILES string of the molecule is C=CC(=O)OC1=CC(=C)c2ccccc2N(c2ccc(-c3ccc(-n4c5ccccc5c5ccccc54)cc3C)c(C)c2)CC=C1. The molecule has 4 nitrogen and oxygen atoms in total. The lowest BCUT2D eigenvalue weighted by Crippen LogP contribution is -2.18. The Kier molecular flexibility index (Phi) is 7.47. The lowest BCUT2D eigenvalue weighted by Gasteiger charge is -2.27. The largest absolute Gasteiger partial charge is 0.423 e. The third-order valence-corrected chi connectivity index (χ3v) is 8.67. The van der Waals surface area contributed by atoms with Gasteiger partial charge in [0.2, 0.25) is 0 Å². The van der Waals surface area contributed by atoms with Gasteiger partial charge in [0.05, 0.1) is 11.0 Å². The van der Waals surface area contributed by atoms with E-state index < -0.39 is 5.97 Å². The molecule has 2 heterocycles. The molecule has 6 aromatic rings. The number of carbonyl (C=O) groups excluding carboxylic acids is 1. The Morgan fingerprint density at radius 1 is 0.739 bits per heavy atom. The van der Waals surface area contributed by atoms with Crippen molar-refractivity contribution in [2.75, 3.05) is 11.4 Å². The van der Waals surface area contributed by atoms with Crippen molar-refractivity contribution in [1.82, 2.24) is 4.57 Å². The number of rotatable bonds is 5. The first-order chi connectivity index (χ1) is 22.4. The molecule has 0 saturated heterocycles. The van der Waals surface area contributed by atoms with Crippen LogP contribution in [0.25, 0.3) is 44.2 Å². The number of para-hydroxylation sites is 3. The van der Waals surface area contributed by atoms with Gasteiger partial charge < -0.3 is 14.2 Å². The number of allylic oxidation sites excluding steroid dienone is 3. The standard InChI is InChI=1S/C42H34N2O2/c1-5-42(45)46-33-13-12-24-43(39-17-9-6-14-36(39)30(4)27-33)31-20-22-34(28(2)25-31)35-23-21-32(26-29(35)3)44-40-18-10-7-15-37(40)38-16-8-11-19-41(38)44/h5-23,25-27H,1,4,24H2,2-3H3. The van der Waals surface area contributed by atoms with Crippen LogP contribution >= 0.6 is 0 Å². The molecule has 4 heteroatoms. The van der Waals surface area contributed by atoms with Gasteiger partial charge in [0, 0.05) is 46.0 Å². The Labute approximate surface area is 269 Å². The second kappa shape index (κ2) is 11.9. The van der Waals surface area contributed by atoms with Gasteiger partial charge in [0.25, 0.3) is 0 Å². The predicted octanol–water partition coefficient (Wildman–Crippen LogP) is 10.4. The van der Waals surface area contributed by atoms with Crippen LogP contribution in [0.5, 0.6) is 0 Å². The van der Waals surface area contributed by atoms with Crippen LogP contribution in [0, 0.1) is 13.8 Å². The second-order valence-electron chi connectivity index (χ2n) is 11.6. The summed E-state index contributed by atoms with van der Waals surface area (Å²) in [6.45, 7) is 12.8. The van der Waals surface area contributed by atoms with Crippen molar-refractivity contribution in [2.24, 2.45) is 0 Å². The van der Waals surface area contributed by atoms with Crippen molar-refractivity contribution in [3.05, 3.63) is 169 Å². The number of aromatic nitrogens is 1. The average Bonchev–Trinajstić information content (AvgIpc) is 3.43. The first-order valence-electron chi connectivity index (χ1n) is 15.4. The molecule has 1 aliphatic rings. The van der Waals surface area contributed by atoms with Gasteiger partial charge in [-0.15, -0.1) is 0 Å². The van der Waals surface area contributed by atoms with Gasteiger partial charge in [-0.25, -0.2) is 4.79 Å². The van der Waals surface area contributed by atoms with Crippen molar-refractivity contribution in [1.29, 1.82) is 0 Å². The van der Waals surface area contributed by atoms with Gasteiger partial charge in [0.1, 0.15) is 5.76 Å². The summed E-state index contributed by atoms with van der Waals surface area (Å²) < 4.78 is 7.82. The third-order valence-electron chi connectivity index (χ3n) is 8.67. The number of ether oxygens (including phenoxy) is 1. The van der Waals surface area contributed by atoms with Gasteiger partial charge in [-0.1, -0.05) is 86.0 Å². The topological polar surface area (TPSA) is 34.5 Å². The highest BCUT2D eigenvalue weighted by atomic mass is 16.5. The summed E-state index contributed by atoms with van der Waals surface area (Å²) in [6, 6.07) is 38.8. The van der Waals surface area contributed by atoms with Crippen LogP contribution in [-0.4, -0.2) is 17.1 Å². The van der Waals surface area contributed by atoms with Crippen LogP contribution in [0.2, 0.25) is 0 Å². The van der Waals surface area contributed by atoms with Crippen molar-refractivity contribution in [2.45, 2.75) is 13.8 Å². The zero-order valence-electron chi connectivity index (χ0n) is 26.0. The summed E-state index contributed by atoms with van der Waals surface area (Å²) >= 11 is 0. The van der Waals surface area contributed by atoms with Crippen LogP contribution < -0.4 is 4.90 Å². The minimum absolute atomic E-state index is 0.429. The molecule has 224 valence electrons. The number of nitrogens with zero attached hydrogens (tertiary/aromatic N) is 2. The summed E-state index contributed by atoms with van der Waals surface area (Å²) in [4.78, 5) is 14.2. The van der Waals surface area contributed by atoms with Crippen LogP contribution in [0.1, 0.15) is 16.7 Å². The monoisotopic (exact) mass is 598 g/mol. The fourth-order valence-electron chi connectivity index (χ4n) is 6.52. The van der Waals surface area contributed by atoms with E-state index in [1.54, 1.807) is 6.08 Å². The number of esters is 1. The maximum absolute atomic E-state index is 11.9. The van der Waals surface area contributed by atoms with Gasteiger partial charge in [-0.05, 0) is 96.3 Å². The highest BCUT2D eigenvalue weighted by Crippen LogP contribution is 2.38. The van der Waals surface area contributed by atoms with Gasteiger partial charge in [-0.2, -0.15) is 0 Å². The van der Waals surface area contributed by atoms with Gasteiger partial charge in [0.15, 0.2) is 0 Å². The summed E-state index contributed by atoms with van der Waals surface area (Å²) in [7, 11) is 0. The number of hydrogen-bond donors (Lipinski definition) is 0. The van der Waals surface area contributed by atoms with E-state index in [2.05, 4.69) is 127 Å². The summed E-state index contributed by atoms with van der Waals surface area (Å²) in [5.74, 6) is -0.0735. The minimum Gasteiger partial charge on any atom is -0.423 e. The molecular weight excluding hydrogens is 564 g/mol. The molecule has 0 radical (unpaired) electrons. The van der Waals surface area contributed by atoms with E-state index in [4.69, 9.17) is 4.74 Å². The number of fused-ring (bicyclic) bond motifs is 4. The van der Waals surface area contributed by atoms with E-state index in [0.717, 1.165) is 34.3 Å². The molecule has 0 saturated carbocycles.